The maximum atomic E-state index is 13.0. The maximum absolute atomic E-state index is 13.0. The van der Waals surface area contributed by atoms with Crippen LogP contribution in [0.15, 0.2) is 59.1 Å². The van der Waals surface area contributed by atoms with Crippen LogP contribution in [0.25, 0.3) is 0 Å². The van der Waals surface area contributed by atoms with E-state index < -0.39 is 0 Å². The predicted octanol–water partition coefficient (Wildman–Crippen LogP) is 4.78. The van der Waals surface area contributed by atoms with Crippen LogP contribution in [0.3, 0.4) is 0 Å². The molecular weight excluding hydrogens is 366 g/mol. The molecule has 2 aliphatic heterocycles. The van der Waals surface area contributed by atoms with Crippen LogP contribution in [0.5, 0.6) is 0 Å². The molecule has 2 heterocycles. The molecule has 142 valence electrons. The molecule has 2 aliphatic rings. The van der Waals surface area contributed by atoms with E-state index in [9.17, 15) is 10.1 Å². The lowest BCUT2D eigenvalue weighted by Crippen LogP contribution is -2.47. The summed E-state index contributed by atoms with van der Waals surface area (Å²) in [7, 11) is 0. The first-order valence-corrected chi connectivity index (χ1v) is 10.6. The van der Waals surface area contributed by atoms with Gasteiger partial charge in [-0.2, -0.15) is 5.26 Å². The molecule has 0 bridgehead atoms. The Hall–Kier alpha value is -2.71. The van der Waals surface area contributed by atoms with Gasteiger partial charge in [-0.3, -0.25) is 9.69 Å². The normalized spacial score (nSPS) is 19.5. The number of thioether (sulfide) groups is 1. The molecule has 0 spiro atoms. The SMILES string of the molecule is CCc1ccc(C2CC(=O)N3CN(c4cccc(C)c4)CSC3=C2C#N)cc1. The Morgan fingerprint density at radius 1 is 1.21 bits per heavy atom. The number of carbonyl (C=O) groups is 1. The van der Waals surface area contributed by atoms with Gasteiger partial charge < -0.3 is 4.90 Å². The number of fused-ring (bicyclic) bond motifs is 1. The summed E-state index contributed by atoms with van der Waals surface area (Å²) in [5.74, 6) is 0.672. The number of carbonyl (C=O) groups excluding carboxylic acids is 1. The molecule has 28 heavy (non-hydrogen) atoms. The summed E-state index contributed by atoms with van der Waals surface area (Å²) in [6.07, 6.45) is 1.33. The fourth-order valence-electron chi connectivity index (χ4n) is 3.82. The van der Waals surface area contributed by atoms with Gasteiger partial charge in [0.15, 0.2) is 0 Å². The monoisotopic (exact) mass is 389 g/mol. The highest BCUT2D eigenvalue weighted by Crippen LogP contribution is 2.43. The number of allylic oxidation sites excluding steroid dienone is 1. The molecule has 2 aromatic rings. The average molecular weight is 390 g/mol. The van der Waals surface area contributed by atoms with Gasteiger partial charge in [0.25, 0.3) is 0 Å². The van der Waals surface area contributed by atoms with Crippen LogP contribution in [-0.2, 0) is 11.2 Å². The number of anilines is 1. The molecule has 1 unspecified atom stereocenters. The maximum Gasteiger partial charge on any atom is 0.229 e. The van der Waals surface area contributed by atoms with Crippen molar-refractivity contribution in [2.45, 2.75) is 32.6 Å². The molecule has 0 N–H and O–H groups in total. The van der Waals surface area contributed by atoms with E-state index in [1.165, 1.54) is 11.1 Å². The third-order valence-corrected chi connectivity index (χ3v) is 6.61. The van der Waals surface area contributed by atoms with E-state index >= 15 is 0 Å². The van der Waals surface area contributed by atoms with Gasteiger partial charge in [0.05, 0.1) is 29.2 Å². The Morgan fingerprint density at radius 2 is 2.00 bits per heavy atom. The molecule has 5 heteroatoms. The van der Waals surface area contributed by atoms with E-state index in [0.717, 1.165) is 34.2 Å². The van der Waals surface area contributed by atoms with Gasteiger partial charge in [0, 0.05) is 18.0 Å². The van der Waals surface area contributed by atoms with Crippen molar-refractivity contribution in [1.29, 1.82) is 5.26 Å². The van der Waals surface area contributed by atoms with Gasteiger partial charge in [0.2, 0.25) is 5.91 Å². The predicted molar refractivity (Wildman–Crippen MR) is 114 cm³/mol. The van der Waals surface area contributed by atoms with Crippen LogP contribution in [0.2, 0.25) is 0 Å². The Morgan fingerprint density at radius 3 is 2.68 bits per heavy atom. The average Bonchev–Trinajstić information content (AvgIpc) is 2.73. The quantitative estimate of drug-likeness (QED) is 0.758. The van der Waals surface area contributed by atoms with Crippen molar-refractivity contribution >= 4 is 23.4 Å². The van der Waals surface area contributed by atoms with E-state index in [1.54, 1.807) is 16.7 Å². The summed E-state index contributed by atoms with van der Waals surface area (Å²) in [6.45, 7) is 4.69. The largest absolute Gasteiger partial charge is 0.344 e. The second kappa shape index (κ2) is 7.73. The van der Waals surface area contributed by atoms with E-state index in [2.05, 4.69) is 67.3 Å². The molecule has 4 nitrogen and oxygen atoms in total. The lowest BCUT2D eigenvalue weighted by Gasteiger charge is -2.42. The summed E-state index contributed by atoms with van der Waals surface area (Å²) >= 11 is 1.59. The lowest BCUT2D eigenvalue weighted by molar-refractivity contribution is -0.129. The molecule has 2 aromatic carbocycles. The van der Waals surface area contributed by atoms with E-state index in [1.807, 2.05) is 6.07 Å². The first-order valence-electron chi connectivity index (χ1n) is 9.58. The number of nitriles is 1. The summed E-state index contributed by atoms with van der Waals surface area (Å²) in [5, 5.41) is 10.7. The molecule has 1 saturated heterocycles. The highest BCUT2D eigenvalue weighted by molar-refractivity contribution is 8.03. The van der Waals surface area contributed by atoms with Gasteiger partial charge in [-0.1, -0.05) is 55.1 Å². The van der Waals surface area contributed by atoms with Crippen molar-refractivity contribution < 1.29 is 4.79 Å². The topological polar surface area (TPSA) is 47.3 Å². The van der Waals surface area contributed by atoms with Crippen molar-refractivity contribution in [2.75, 3.05) is 17.4 Å². The fraction of sp³-hybridized carbons (Fsp3) is 0.304. The van der Waals surface area contributed by atoms with Crippen LogP contribution in [0, 0.1) is 18.3 Å². The van der Waals surface area contributed by atoms with E-state index in [-0.39, 0.29) is 11.8 Å². The minimum absolute atomic E-state index is 0.0865. The van der Waals surface area contributed by atoms with E-state index in [0.29, 0.717) is 13.1 Å². The standard InChI is InChI=1S/C23H23N3OS/c1-3-17-7-9-18(10-8-17)20-12-22(27)26-14-25(15-28-23(26)21(20)13-24)19-6-4-5-16(2)11-19/h4-11,20H,3,12,14-15H2,1-2H3. The zero-order chi connectivity index (χ0) is 19.7. The molecule has 0 saturated carbocycles. The number of benzene rings is 2. The van der Waals surface area contributed by atoms with Crippen LogP contribution < -0.4 is 4.90 Å². The third kappa shape index (κ3) is 3.41. The molecule has 0 aliphatic carbocycles. The van der Waals surface area contributed by atoms with Gasteiger partial charge >= 0.3 is 0 Å². The highest BCUT2D eigenvalue weighted by atomic mass is 32.2. The molecule has 1 amide bonds. The van der Waals surface area contributed by atoms with Crippen molar-refractivity contribution in [3.8, 4) is 6.07 Å². The van der Waals surface area contributed by atoms with Crippen molar-refractivity contribution in [1.82, 2.24) is 4.90 Å². The van der Waals surface area contributed by atoms with Crippen molar-refractivity contribution in [3.05, 3.63) is 75.8 Å². The summed E-state index contributed by atoms with van der Waals surface area (Å²) in [5.41, 5.74) is 5.34. The highest BCUT2D eigenvalue weighted by Gasteiger charge is 2.38. The number of aryl methyl sites for hydroxylation is 2. The molecule has 0 radical (unpaired) electrons. The third-order valence-electron chi connectivity index (χ3n) is 5.45. The first kappa shape index (κ1) is 18.6. The van der Waals surface area contributed by atoms with Crippen LogP contribution in [0.1, 0.15) is 36.0 Å². The smallest absolute Gasteiger partial charge is 0.229 e. The zero-order valence-corrected chi connectivity index (χ0v) is 17.0. The fourth-order valence-corrected chi connectivity index (χ4v) is 4.99. The Labute approximate surface area is 170 Å². The van der Waals surface area contributed by atoms with Crippen LogP contribution in [-0.4, -0.2) is 23.4 Å². The Kier molecular flexibility index (Phi) is 5.15. The van der Waals surface area contributed by atoms with Gasteiger partial charge in [-0.15, -0.1) is 0 Å². The molecule has 1 atom stereocenters. The second-order valence-corrected chi connectivity index (χ2v) is 8.23. The van der Waals surface area contributed by atoms with Gasteiger partial charge in [-0.25, -0.2) is 0 Å². The minimum Gasteiger partial charge on any atom is -0.344 e. The number of hydrogen-bond acceptors (Lipinski definition) is 4. The molecular formula is C23H23N3OS. The van der Waals surface area contributed by atoms with Crippen LogP contribution in [0.4, 0.5) is 5.69 Å². The minimum atomic E-state index is -0.146. The summed E-state index contributed by atoms with van der Waals surface area (Å²) in [6, 6.07) is 19.0. The van der Waals surface area contributed by atoms with Crippen molar-refractivity contribution in [3.63, 3.8) is 0 Å². The van der Waals surface area contributed by atoms with Crippen LogP contribution >= 0.6 is 11.8 Å². The second-order valence-electron chi connectivity index (χ2n) is 7.30. The molecule has 0 aromatic heterocycles. The number of rotatable bonds is 3. The van der Waals surface area contributed by atoms with E-state index in [4.69, 9.17) is 0 Å². The zero-order valence-electron chi connectivity index (χ0n) is 16.2. The number of amides is 1. The summed E-state index contributed by atoms with van der Waals surface area (Å²) < 4.78 is 0. The number of hydrogen-bond donors (Lipinski definition) is 0. The number of nitrogens with zero attached hydrogens (tertiary/aromatic N) is 3. The lowest BCUT2D eigenvalue weighted by atomic mass is 9.86. The summed E-state index contributed by atoms with van der Waals surface area (Å²) in [4.78, 5) is 17.0. The first-order chi connectivity index (χ1) is 13.6. The Balaban J connectivity index is 1.65. The van der Waals surface area contributed by atoms with Crippen molar-refractivity contribution in [2.24, 2.45) is 0 Å². The Bertz CT molecular complexity index is 974. The van der Waals surface area contributed by atoms with Gasteiger partial charge in [-0.05, 0) is 42.2 Å². The molecule has 4 rings (SSSR count). The molecule has 1 fully saturated rings. The van der Waals surface area contributed by atoms with Gasteiger partial charge in [0.1, 0.15) is 0 Å².